The first-order valence-corrected chi connectivity index (χ1v) is 16.9. The Bertz CT molecular complexity index is 1450. The Hall–Kier alpha value is -3.81. The molecule has 4 rings (SSSR count). The largest absolute Gasteiger partial charge is 0.458 e. The number of nitrogens with zero attached hydrogens (tertiary/aromatic N) is 6. The van der Waals surface area contributed by atoms with Gasteiger partial charge in [0, 0.05) is 39.2 Å². The Morgan fingerprint density at radius 1 is 1.10 bits per heavy atom. The maximum atomic E-state index is 13.6. The van der Waals surface area contributed by atoms with Crippen LogP contribution in [-0.2, 0) is 30.4 Å². The molecule has 4 heterocycles. The molecule has 2 aliphatic rings. The fourth-order valence-electron chi connectivity index (χ4n) is 7.15. The zero-order valence-corrected chi connectivity index (χ0v) is 29.2. The topological polar surface area (TPSA) is 157 Å². The van der Waals surface area contributed by atoms with Crippen LogP contribution in [-0.4, -0.2) is 109 Å². The van der Waals surface area contributed by atoms with Gasteiger partial charge in [-0.15, -0.1) is 5.10 Å². The summed E-state index contributed by atoms with van der Waals surface area (Å²) in [6, 6.07) is 4.32. The number of rotatable bonds is 7. The minimum Gasteiger partial charge on any atom is -0.458 e. The molecule has 260 valence electrons. The minimum absolute atomic E-state index is 0.208. The molecule has 48 heavy (non-hydrogen) atoms. The Balaban J connectivity index is 1.61. The van der Waals surface area contributed by atoms with Crippen molar-refractivity contribution in [2.24, 2.45) is 11.8 Å². The maximum absolute atomic E-state index is 13.6. The zero-order chi connectivity index (χ0) is 35.4. The first-order valence-electron chi connectivity index (χ1n) is 16.9. The Kier molecular flexibility index (Phi) is 11.7. The van der Waals surface area contributed by atoms with Crippen LogP contribution in [0.2, 0.25) is 5.82 Å². The Labute approximate surface area is 284 Å². The van der Waals surface area contributed by atoms with E-state index in [2.05, 4.69) is 15.3 Å². The van der Waals surface area contributed by atoms with Gasteiger partial charge in [-0.25, -0.2) is 4.79 Å². The van der Waals surface area contributed by atoms with E-state index in [9.17, 15) is 24.3 Å². The number of carbonyl (C=O) groups is 4. The lowest BCUT2D eigenvalue weighted by molar-refractivity contribution is -0.171. The number of ketones is 1. The first-order chi connectivity index (χ1) is 22.6. The van der Waals surface area contributed by atoms with E-state index in [0.29, 0.717) is 38.0 Å². The number of cyclic esters (lactones) is 1. The first kappa shape index (κ1) is 37.0. The summed E-state index contributed by atoms with van der Waals surface area (Å²) < 4.78 is 13.8. The molecule has 2 aromatic rings. The number of unbranched alkanes of at least 4 members (excludes halogenated alkanes) is 1. The number of hydrogen-bond acceptors (Lipinski definition) is 10. The highest BCUT2D eigenvalue weighted by Crippen LogP contribution is 2.40. The van der Waals surface area contributed by atoms with E-state index in [4.69, 9.17) is 17.3 Å². The molecule has 13 nitrogen and oxygen atoms in total. The average Bonchev–Trinajstić information content (AvgIpc) is 3.61. The second-order valence-corrected chi connectivity index (χ2v) is 13.9. The van der Waals surface area contributed by atoms with Crippen molar-refractivity contribution in [3.05, 3.63) is 30.6 Å². The van der Waals surface area contributed by atoms with Gasteiger partial charge in [0.25, 0.3) is 0 Å². The minimum atomic E-state index is -1.44. The smallest absolute Gasteiger partial charge is 0.410 e. The highest BCUT2D eigenvalue weighted by molar-refractivity contribution is 6.15. The summed E-state index contributed by atoms with van der Waals surface area (Å²) in [5.74, 6) is -3.70. The molecule has 0 spiro atoms. The van der Waals surface area contributed by atoms with Crippen molar-refractivity contribution in [3.63, 3.8) is 0 Å². The highest BCUT2D eigenvalue weighted by Gasteiger charge is 2.59. The van der Waals surface area contributed by atoms with Gasteiger partial charge < -0.3 is 19.5 Å². The van der Waals surface area contributed by atoms with Gasteiger partial charge in [0.1, 0.15) is 23.5 Å². The predicted octanol–water partition coefficient (Wildman–Crippen LogP) is 3.60. The highest BCUT2D eigenvalue weighted by atomic mass is 16.6. The van der Waals surface area contributed by atoms with Gasteiger partial charge in [-0.2, -0.15) is 0 Å². The quantitative estimate of drug-likeness (QED) is 0.201. The molecule has 2 fully saturated rings. The van der Waals surface area contributed by atoms with Crippen molar-refractivity contribution in [2.75, 3.05) is 13.1 Å². The summed E-state index contributed by atoms with van der Waals surface area (Å²) in [5.41, 5.74) is -1.39. The number of pyridine rings is 1. The van der Waals surface area contributed by atoms with Crippen LogP contribution in [0.3, 0.4) is 0 Å². The van der Waals surface area contributed by atoms with E-state index in [1.54, 1.807) is 34.5 Å². The fraction of sp³-hybridized carbons (Fsp3) is 0.676. The summed E-state index contributed by atoms with van der Waals surface area (Å²) in [6.45, 7) is 12.9. The van der Waals surface area contributed by atoms with Crippen LogP contribution in [0.25, 0.3) is 11.4 Å². The van der Waals surface area contributed by atoms with Crippen LogP contribution in [0, 0.1) is 11.8 Å². The summed E-state index contributed by atoms with van der Waals surface area (Å²) in [7, 11) is 6.30. The molecule has 2 aromatic heterocycles. The van der Waals surface area contributed by atoms with Crippen molar-refractivity contribution < 1.29 is 33.8 Å². The van der Waals surface area contributed by atoms with Crippen LogP contribution in [0.4, 0.5) is 4.79 Å². The monoisotopic (exact) mass is 664 g/mol. The average molecular weight is 665 g/mol. The van der Waals surface area contributed by atoms with Gasteiger partial charge in [0.15, 0.2) is 5.60 Å². The van der Waals surface area contributed by atoms with Crippen molar-refractivity contribution in [3.8, 4) is 11.4 Å². The number of hydrogen-bond donors (Lipinski definition) is 1. The molecule has 0 unspecified atom stereocenters. The second kappa shape index (κ2) is 15.2. The van der Waals surface area contributed by atoms with Crippen LogP contribution in [0.15, 0.2) is 30.6 Å². The lowest BCUT2D eigenvalue weighted by atomic mass is 9.67. The summed E-state index contributed by atoms with van der Waals surface area (Å²) >= 11 is 0. The van der Waals surface area contributed by atoms with E-state index in [-0.39, 0.29) is 31.2 Å². The molecule has 2 aliphatic heterocycles. The Morgan fingerprint density at radius 3 is 2.46 bits per heavy atom. The van der Waals surface area contributed by atoms with Gasteiger partial charge in [-0.1, -0.05) is 25.1 Å². The molecular weight excluding hydrogens is 615 g/mol. The molecule has 1 N–H and O–H groups in total. The van der Waals surface area contributed by atoms with Crippen molar-refractivity contribution in [1.82, 2.24) is 29.8 Å². The van der Waals surface area contributed by atoms with Gasteiger partial charge in [-0.05, 0) is 77.2 Å². The van der Waals surface area contributed by atoms with E-state index < -0.39 is 59.0 Å². The van der Waals surface area contributed by atoms with Crippen LogP contribution in [0.5, 0.6) is 0 Å². The predicted molar refractivity (Wildman–Crippen MR) is 178 cm³/mol. The van der Waals surface area contributed by atoms with Gasteiger partial charge in [-0.3, -0.25) is 28.9 Å². The molecule has 2 saturated heterocycles. The number of fused-ring (bicyclic) bond motifs is 1. The van der Waals surface area contributed by atoms with E-state index >= 15 is 0 Å². The third-order valence-electron chi connectivity index (χ3n) is 9.92. The summed E-state index contributed by atoms with van der Waals surface area (Å²) in [5, 5.41) is 19.7. The third-order valence-corrected chi connectivity index (χ3v) is 9.92. The third kappa shape index (κ3) is 8.07. The van der Waals surface area contributed by atoms with Crippen molar-refractivity contribution in [1.29, 1.82) is 0 Å². The number of carbonyl (C=O) groups excluding carboxylic acids is 4. The SMILES string of the molecule is [B][C@@H]1CC(=O)[C@@H](C)C(=O)O[C@H](CC)[C@@]2(C)OC(=O)N(CCCCn3cc(-c4ccccn4)nn3)[C@@H]2[C@@H](C)N(C(C)=O)C[C@H](C)C[C@]1(C)O. The molecule has 0 saturated carbocycles. The number of Topliss-reactive ketones (excluding diaryl/α,β-unsaturated/α-hetero) is 1. The van der Waals surface area contributed by atoms with Crippen LogP contribution in [0.1, 0.15) is 80.6 Å². The normalized spacial score (nSPS) is 32.2. The van der Waals surface area contributed by atoms with Crippen LogP contribution < -0.4 is 0 Å². The maximum Gasteiger partial charge on any atom is 0.410 e. The second-order valence-electron chi connectivity index (χ2n) is 13.9. The standard InChI is InChI=1S/C34H49BN6O7/c1-8-29-34(7)30(40(32(45)48-34)16-12-11-15-39-20-26(37-38-39)25-13-9-10-14-36-25)23(4)41(24(5)42)19-21(2)18-33(6,46)28(35)17-27(43)22(3)31(44)47-29/h9-10,13-14,20-23,28-30,46H,8,11-12,15-19H2,1-7H3/t21-,22-,23-,28-,29-,30-,33+,34-/m1/s1. The molecule has 14 heteroatoms. The molecule has 0 aliphatic carbocycles. The van der Waals surface area contributed by atoms with Gasteiger partial charge >= 0.3 is 12.1 Å². The lowest BCUT2D eigenvalue weighted by Gasteiger charge is -2.44. The number of aromatic nitrogens is 4. The van der Waals surface area contributed by atoms with Gasteiger partial charge in [0.2, 0.25) is 5.91 Å². The number of ether oxygens (including phenoxy) is 2. The molecule has 2 radical (unpaired) electrons. The van der Waals surface area contributed by atoms with E-state index in [0.717, 1.165) is 5.69 Å². The van der Waals surface area contributed by atoms with E-state index in [1.165, 1.54) is 13.8 Å². The van der Waals surface area contributed by atoms with Gasteiger partial charge in [0.05, 0.1) is 37.4 Å². The van der Waals surface area contributed by atoms with Crippen LogP contribution >= 0.6 is 0 Å². The fourth-order valence-corrected chi connectivity index (χ4v) is 7.15. The van der Waals surface area contributed by atoms with E-state index in [1.807, 2.05) is 45.2 Å². The molecule has 2 amide bonds. The van der Waals surface area contributed by atoms with Crippen molar-refractivity contribution in [2.45, 2.75) is 122 Å². The number of aliphatic hydroxyl groups is 1. The lowest BCUT2D eigenvalue weighted by Crippen LogP contribution is -2.62. The van der Waals surface area contributed by atoms with Crippen molar-refractivity contribution >= 4 is 31.6 Å². The molecule has 0 bridgehead atoms. The summed E-state index contributed by atoms with van der Waals surface area (Å²) in [6.07, 6.45) is 3.58. The summed E-state index contributed by atoms with van der Waals surface area (Å²) in [4.78, 5) is 61.0. The number of aryl methyl sites for hydroxylation is 1. The Morgan fingerprint density at radius 2 is 1.81 bits per heavy atom. The molecular formula is C34H49BN6O7. The number of esters is 1. The molecule has 8 atom stereocenters. The molecule has 0 aromatic carbocycles. The number of amides is 2. The zero-order valence-electron chi connectivity index (χ0n) is 29.2.